The van der Waals surface area contributed by atoms with Crippen molar-refractivity contribution in [2.75, 3.05) is 31.6 Å². The van der Waals surface area contributed by atoms with Crippen molar-refractivity contribution < 1.29 is 18.0 Å². The van der Waals surface area contributed by atoms with Crippen molar-refractivity contribution in [3.05, 3.63) is 64.9 Å². The van der Waals surface area contributed by atoms with Gasteiger partial charge in [0.1, 0.15) is 11.6 Å². The summed E-state index contributed by atoms with van der Waals surface area (Å²) in [5, 5.41) is 4.33. The molecular weight excluding hydrogens is 503 g/mol. The first-order chi connectivity index (χ1) is 18.7. The van der Waals surface area contributed by atoms with Crippen LogP contribution in [0.25, 0.3) is 10.9 Å². The fourth-order valence-corrected chi connectivity index (χ4v) is 8.05. The van der Waals surface area contributed by atoms with E-state index >= 15 is 8.78 Å². The second kappa shape index (κ2) is 8.73. The van der Waals surface area contributed by atoms with Crippen molar-refractivity contribution in [1.82, 2.24) is 14.8 Å². The van der Waals surface area contributed by atoms with Crippen LogP contribution in [0.4, 0.5) is 18.9 Å². The Morgan fingerprint density at radius 3 is 2.51 bits per heavy atom. The van der Waals surface area contributed by atoms with Crippen LogP contribution in [0.1, 0.15) is 55.5 Å². The Labute approximate surface area is 225 Å². The molecule has 1 aromatic heterocycles. The van der Waals surface area contributed by atoms with E-state index in [9.17, 15) is 9.18 Å². The Hall–Kier alpha value is -3.04. The number of primary amides is 1. The van der Waals surface area contributed by atoms with E-state index in [1.165, 1.54) is 12.1 Å². The van der Waals surface area contributed by atoms with Crippen LogP contribution >= 0.6 is 0 Å². The third-order valence-electron chi connectivity index (χ3n) is 9.73. The largest absolute Gasteiger partial charge is 0.380 e. The van der Waals surface area contributed by atoms with E-state index in [4.69, 9.17) is 5.73 Å². The lowest BCUT2D eigenvalue weighted by molar-refractivity contribution is -0.233. The van der Waals surface area contributed by atoms with Gasteiger partial charge in [0.15, 0.2) is 0 Å². The summed E-state index contributed by atoms with van der Waals surface area (Å²) in [5.41, 5.74) is 8.27. The van der Waals surface area contributed by atoms with Crippen molar-refractivity contribution in [2.45, 2.75) is 62.7 Å². The van der Waals surface area contributed by atoms with Crippen LogP contribution in [0, 0.1) is 17.0 Å². The third-order valence-corrected chi connectivity index (χ3v) is 9.73. The van der Waals surface area contributed by atoms with E-state index in [0.29, 0.717) is 37.9 Å². The number of anilines is 1. The topological polar surface area (TPSA) is 77.4 Å². The molecule has 3 aliphatic carbocycles. The van der Waals surface area contributed by atoms with Gasteiger partial charge in [0.2, 0.25) is 5.91 Å². The number of fused-ring (bicyclic) bond motifs is 3. The van der Waals surface area contributed by atoms with Gasteiger partial charge in [-0.1, -0.05) is 18.2 Å². The van der Waals surface area contributed by atoms with E-state index < -0.39 is 23.1 Å². The van der Waals surface area contributed by atoms with Gasteiger partial charge in [-0.3, -0.25) is 19.0 Å². The van der Waals surface area contributed by atoms with Gasteiger partial charge < -0.3 is 16.0 Å². The Morgan fingerprint density at radius 1 is 1.15 bits per heavy atom. The molecule has 5 aliphatic rings. The van der Waals surface area contributed by atoms with Crippen molar-refractivity contribution in [3.63, 3.8) is 0 Å². The summed E-state index contributed by atoms with van der Waals surface area (Å²) in [4.78, 5) is 20.0. The van der Waals surface area contributed by atoms with Crippen molar-refractivity contribution in [3.8, 4) is 0 Å². The molecule has 8 rings (SSSR count). The van der Waals surface area contributed by atoms with Gasteiger partial charge >= 0.3 is 0 Å². The summed E-state index contributed by atoms with van der Waals surface area (Å²) in [7, 11) is 0. The molecule has 2 atom stereocenters. The zero-order chi connectivity index (χ0) is 27.1. The lowest BCUT2D eigenvalue weighted by Crippen LogP contribution is -2.79. The Morgan fingerprint density at radius 2 is 1.85 bits per heavy atom. The van der Waals surface area contributed by atoms with Gasteiger partial charge in [0.25, 0.3) is 0 Å². The Kier molecular flexibility index (Phi) is 5.59. The Balaban J connectivity index is 1.25. The standard InChI is InChI=1S/C30H34F3N5O/c1-17-9-21-20-5-2-3-6-24(20)36-26(21)27(38(17)30-14-29(15-30,16-30)28(34)39)25-22(32)10-18(11-23(25)33)35-19-12-37(13-19)8-4-7-31/h2-3,5-6,10-11,17,19,27,35-36H,4,7-9,12-16H2,1H3,(H2,34,39)/t17-,27-,29?,30?/m1/s1. The van der Waals surface area contributed by atoms with Crippen LogP contribution in [0.15, 0.2) is 36.4 Å². The maximum Gasteiger partial charge on any atom is 0.223 e. The molecule has 2 bridgehead atoms. The number of carbonyl (C=O) groups excluding carboxylic acids is 1. The molecule has 3 saturated carbocycles. The van der Waals surface area contributed by atoms with Gasteiger partial charge in [0.05, 0.1) is 24.2 Å². The van der Waals surface area contributed by atoms with E-state index in [0.717, 1.165) is 41.7 Å². The minimum atomic E-state index is -0.642. The first-order valence-corrected chi connectivity index (χ1v) is 14.0. The minimum absolute atomic E-state index is 0.0229. The number of amides is 1. The van der Waals surface area contributed by atoms with E-state index in [2.05, 4.69) is 33.1 Å². The molecular formula is C30H34F3N5O. The number of para-hydroxylation sites is 1. The van der Waals surface area contributed by atoms with Gasteiger partial charge in [-0.25, -0.2) is 8.78 Å². The van der Waals surface area contributed by atoms with Crippen molar-refractivity contribution in [2.24, 2.45) is 11.1 Å². The van der Waals surface area contributed by atoms with E-state index in [-0.39, 0.29) is 35.8 Å². The number of rotatable bonds is 8. The molecule has 9 heteroatoms. The fourth-order valence-electron chi connectivity index (χ4n) is 8.05. The molecule has 2 aromatic carbocycles. The molecule has 206 valence electrons. The number of nitrogens with zero attached hydrogens (tertiary/aromatic N) is 2. The second-order valence-electron chi connectivity index (χ2n) is 12.3. The predicted molar refractivity (Wildman–Crippen MR) is 144 cm³/mol. The predicted octanol–water partition coefficient (Wildman–Crippen LogP) is 4.65. The van der Waals surface area contributed by atoms with Gasteiger partial charge in [0, 0.05) is 59.1 Å². The number of carbonyl (C=O) groups is 1. The molecule has 1 amide bonds. The number of nitrogens with one attached hydrogen (secondary N) is 2. The number of aromatic amines is 1. The van der Waals surface area contributed by atoms with E-state index in [1.54, 1.807) is 0 Å². The lowest BCUT2D eigenvalue weighted by Gasteiger charge is -2.74. The number of aromatic nitrogens is 1. The van der Waals surface area contributed by atoms with Crippen molar-refractivity contribution in [1.29, 1.82) is 0 Å². The van der Waals surface area contributed by atoms with Gasteiger partial charge in [-0.05, 0) is 62.8 Å². The SMILES string of the molecule is C[C@@H]1Cc2c([nH]c3ccccc23)[C@@H](c2c(F)cc(NC3CN(CCCF)C3)cc2F)N1C12CC(C(N)=O)(C1)C2. The van der Waals surface area contributed by atoms with Crippen LogP contribution < -0.4 is 11.1 Å². The van der Waals surface area contributed by atoms with Crippen molar-refractivity contribution >= 4 is 22.5 Å². The first kappa shape index (κ1) is 25.0. The number of hydrogen-bond acceptors (Lipinski definition) is 4. The zero-order valence-corrected chi connectivity index (χ0v) is 22.1. The lowest BCUT2D eigenvalue weighted by atomic mass is 9.38. The highest BCUT2D eigenvalue weighted by Crippen LogP contribution is 2.72. The molecule has 3 aromatic rings. The molecule has 4 fully saturated rings. The van der Waals surface area contributed by atoms with E-state index in [1.807, 2.05) is 18.2 Å². The number of nitrogens with two attached hydrogens (primary N) is 1. The Bertz CT molecular complexity index is 1420. The average Bonchev–Trinajstić information content (AvgIpc) is 3.17. The third kappa shape index (κ3) is 3.65. The molecule has 0 unspecified atom stereocenters. The van der Waals surface area contributed by atoms with Crippen LogP contribution in [-0.2, 0) is 11.2 Å². The van der Waals surface area contributed by atoms with Crippen LogP contribution in [0.5, 0.6) is 0 Å². The number of halogens is 3. The molecule has 2 aliphatic heterocycles. The first-order valence-electron chi connectivity index (χ1n) is 14.0. The number of hydrogen-bond donors (Lipinski definition) is 3. The normalized spacial score (nSPS) is 30.4. The molecule has 4 N–H and O–H groups in total. The molecule has 1 saturated heterocycles. The van der Waals surface area contributed by atoms with Gasteiger partial charge in [-0.15, -0.1) is 0 Å². The summed E-state index contributed by atoms with van der Waals surface area (Å²) < 4.78 is 44.5. The molecule has 6 nitrogen and oxygen atoms in total. The fraction of sp³-hybridized carbons (Fsp3) is 0.500. The highest BCUT2D eigenvalue weighted by molar-refractivity contribution is 5.87. The highest BCUT2D eigenvalue weighted by atomic mass is 19.1. The van der Waals surface area contributed by atoms with Gasteiger partial charge in [-0.2, -0.15) is 0 Å². The molecule has 3 heterocycles. The molecule has 0 spiro atoms. The molecule has 0 radical (unpaired) electrons. The van der Waals surface area contributed by atoms with Crippen LogP contribution in [-0.4, -0.2) is 64.6 Å². The highest BCUT2D eigenvalue weighted by Gasteiger charge is 2.74. The minimum Gasteiger partial charge on any atom is -0.380 e. The summed E-state index contributed by atoms with van der Waals surface area (Å²) in [6.45, 7) is 3.92. The number of benzene rings is 2. The quantitative estimate of drug-likeness (QED) is 0.391. The maximum atomic E-state index is 16.0. The summed E-state index contributed by atoms with van der Waals surface area (Å²) in [5.74, 6) is -1.45. The summed E-state index contributed by atoms with van der Waals surface area (Å²) >= 11 is 0. The zero-order valence-electron chi connectivity index (χ0n) is 22.1. The maximum absolute atomic E-state index is 16.0. The number of H-pyrrole nitrogens is 1. The number of alkyl halides is 1. The average molecular weight is 538 g/mol. The molecule has 39 heavy (non-hydrogen) atoms. The summed E-state index contributed by atoms with van der Waals surface area (Å²) in [6, 6.07) is 10.3. The van der Waals surface area contributed by atoms with Crippen LogP contribution in [0.3, 0.4) is 0 Å². The summed E-state index contributed by atoms with van der Waals surface area (Å²) in [6.07, 6.45) is 3.16. The second-order valence-corrected chi connectivity index (χ2v) is 12.3. The monoisotopic (exact) mass is 537 g/mol. The van der Waals surface area contributed by atoms with Crippen LogP contribution in [0.2, 0.25) is 0 Å². The number of likely N-dealkylation sites (tertiary alicyclic amines) is 1. The smallest absolute Gasteiger partial charge is 0.223 e.